The third kappa shape index (κ3) is 3.63. The molecule has 0 amide bonds. The summed E-state index contributed by atoms with van der Waals surface area (Å²) in [5.74, 6) is -0.0373. The van der Waals surface area contributed by atoms with Crippen LogP contribution >= 0.6 is 0 Å². The normalized spacial score (nSPS) is 10.6. The van der Waals surface area contributed by atoms with Crippen LogP contribution in [0.2, 0.25) is 0 Å². The van der Waals surface area contributed by atoms with Crippen LogP contribution in [0.5, 0.6) is 0 Å². The van der Waals surface area contributed by atoms with Gasteiger partial charge in [-0.25, -0.2) is 9.78 Å². The summed E-state index contributed by atoms with van der Waals surface area (Å²) in [6, 6.07) is 12.8. The van der Waals surface area contributed by atoms with Crippen molar-refractivity contribution in [1.29, 1.82) is 0 Å². The number of anilines is 3. The second kappa shape index (κ2) is 7.91. The molecule has 4 aromatic rings. The summed E-state index contributed by atoms with van der Waals surface area (Å²) in [5.41, 5.74) is 7.10. The van der Waals surface area contributed by atoms with E-state index in [0.29, 0.717) is 11.5 Å². The smallest absolute Gasteiger partial charge is 0.357 e. The van der Waals surface area contributed by atoms with Crippen LogP contribution in [0.1, 0.15) is 10.5 Å². The van der Waals surface area contributed by atoms with Gasteiger partial charge in [-0.2, -0.15) is 19.9 Å². The van der Waals surface area contributed by atoms with Crippen molar-refractivity contribution in [1.82, 2.24) is 30.1 Å². The summed E-state index contributed by atoms with van der Waals surface area (Å²) in [5, 5.41) is 3.91. The molecule has 2 N–H and O–H groups in total. The Morgan fingerprint density at radius 3 is 2.60 bits per heavy atom. The van der Waals surface area contributed by atoms with Crippen LogP contribution in [0, 0.1) is 0 Å². The first-order chi connectivity index (χ1) is 14.6. The number of para-hydroxylation sites is 1. The number of carbonyl (C=O) groups is 1. The van der Waals surface area contributed by atoms with Gasteiger partial charge in [-0.1, -0.05) is 23.4 Å². The molecule has 4 rings (SSSR count). The van der Waals surface area contributed by atoms with E-state index in [9.17, 15) is 4.79 Å². The van der Waals surface area contributed by atoms with E-state index in [4.69, 9.17) is 15.0 Å². The van der Waals surface area contributed by atoms with Crippen LogP contribution in [0.3, 0.4) is 0 Å². The summed E-state index contributed by atoms with van der Waals surface area (Å²) in [7, 11) is 3.06. The Bertz CT molecular complexity index is 1200. The number of hydrogen-bond donors (Lipinski definition) is 1. The first-order valence-electron chi connectivity index (χ1n) is 8.75. The zero-order valence-electron chi connectivity index (χ0n) is 16.1. The highest BCUT2D eigenvalue weighted by Crippen LogP contribution is 2.25. The number of rotatable bonds is 5. The Morgan fingerprint density at radius 1 is 1.03 bits per heavy atom. The molecule has 3 aromatic heterocycles. The second-order valence-electron chi connectivity index (χ2n) is 6.03. The van der Waals surface area contributed by atoms with Crippen molar-refractivity contribution in [2.45, 2.75) is 0 Å². The van der Waals surface area contributed by atoms with E-state index in [1.54, 1.807) is 24.1 Å². The number of nitrogen functional groups attached to an aromatic ring is 1. The number of esters is 1. The standard InChI is InChI=1S/C19H16N8O3/c1-27(11-7-4-3-5-8-11)19-24-14(23-18(20)25-19)15-22-16(30-26-15)12-9-6-10-21-13(12)17(28)29-2/h3-10H,1-2H3,(H2,20,23,24,25). The van der Waals surface area contributed by atoms with Crippen molar-refractivity contribution in [2.75, 3.05) is 24.8 Å². The molecule has 11 heteroatoms. The van der Waals surface area contributed by atoms with Crippen LogP contribution in [-0.4, -0.2) is 50.2 Å². The number of nitrogens with zero attached hydrogens (tertiary/aromatic N) is 7. The molecule has 0 aliphatic rings. The topological polar surface area (TPSA) is 146 Å². The molecule has 0 atom stereocenters. The lowest BCUT2D eigenvalue weighted by atomic mass is 10.2. The number of pyridine rings is 1. The van der Waals surface area contributed by atoms with Crippen molar-refractivity contribution in [3.8, 4) is 23.1 Å². The summed E-state index contributed by atoms with van der Waals surface area (Å²) in [6.45, 7) is 0. The molecule has 150 valence electrons. The van der Waals surface area contributed by atoms with E-state index in [1.807, 2.05) is 30.3 Å². The maximum absolute atomic E-state index is 12.0. The lowest BCUT2D eigenvalue weighted by molar-refractivity contribution is 0.0594. The highest BCUT2D eigenvalue weighted by Gasteiger charge is 2.22. The lowest BCUT2D eigenvalue weighted by Crippen LogP contribution is -2.15. The number of ether oxygens (including phenoxy) is 1. The molecule has 0 aliphatic carbocycles. The fourth-order valence-corrected chi connectivity index (χ4v) is 2.66. The van der Waals surface area contributed by atoms with E-state index in [-0.39, 0.29) is 29.2 Å². The largest absolute Gasteiger partial charge is 0.464 e. The molecule has 3 heterocycles. The molecule has 0 radical (unpaired) electrons. The molecule has 0 saturated heterocycles. The van der Waals surface area contributed by atoms with Gasteiger partial charge in [0.15, 0.2) is 5.69 Å². The molecule has 0 spiro atoms. The SMILES string of the molecule is COC(=O)c1ncccc1-c1nc(-c2nc(N)nc(N(C)c3ccccc3)n2)no1. The quantitative estimate of drug-likeness (QED) is 0.488. The minimum Gasteiger partial charge on any atom is -0.464 e. The van der Waals surface area contributed by atoms with Gasteiger partial charge in [0, 0.05) is 18.9 Å². The molecule has 0 bridgehead atoms. The van der Waals surface area contributed by atoms with Crippen molar-refractivity contribution in [2.24, 2.45) is 0 Å². The van der Waals surface area contributed by atoms with E-state index in [1.165, 1.54) is 13.3 Å². The van der Waals surface area contributed by atoms with Gasteiger partial charge in [-0.3, -0.25) is 0 Å². The van der Waals surface area contributed by atoms with E-state index >= 15 is 0 Å². The Morgan fingerprint density at radius 2 is 1.83 bits per heavy atom. The van der Waals surface area contributed by atoms with Crippen LogP contribution in [-0.2, 0) is 4.74 Å². The van der Waals surface area contributed by atoms with Crippen molar-refractivity contribution >= 4 is 23.6 Å². The Balaban J connectivity index is 1.71. The van der Waals surface area contributed by atoms with Gasteiger partial charge in [0.25, 0.3) is 5.89 Å². The van der Waals surface area contributed by atoms with Crippen molar-refractivity contribution in [3.63, 3.8) is 0 Å². The van der Waals surface area contributed by atoms with Crippen LogP contribution in [0.4, 0.5) is 17.6 Å². The number of nitrogens with two attached hydrogens (primary N) is 1. The van der Waals surface area contributed by atoms with Gasteiger partial charge >= 0.3 is 5.97 Å². The number of aromatic nitrogens is 6. The zero-order chi connectivity index (χ0) is 21.1. The maximum atomic E-state index is 12.0. The summed E-state index contributed by atoms with van der Waals surface area (Å²) in [6.07, 6.45) is 1.46. The van der Waals surface area contributed by atoms with Crippen LogP contribution in [0.25, 0.3) is 23.1 Å². The van der Waals surface area contributed by atoms with E-state index in [0.717, 1.165) is 5.69 Å². The Labute approximate surface area is 170 Å². The van der Waals surface area contributed by atoms with Crippen molar-refractivity contribution < 1.29 is 14.1 Å². The molecule has 30 heavy (non-hydrogen) atoms. The fraction of sp³-hybridized carbons (Fsp3) is 0.105. The monoisotopic (exact) mass is 404 g/mol. The van der Waals surface area contributed by atoms with Gasteiger partial charge in [0.2, 0.25) is 23.5 Å². The molecule has 11 nitrogen and oxygen atoms in total. The predicted octanol–water partition coefficient (Wildman–Crippen LogP) is 2.12. The zero-order valence-corrected chi connectivity index (χ0v) is 16.1. The molecule has 0 unspecified atom stereocenters. The average Bonchev–Trinajstić information content (AvgIpc) is 3.28. The summed E-state index contributed by atoms with van der Waals surface area (Å²) in [4.78, 5) is 34.7. The minimum atomic E-state index is -0.624. The molecular weight excluding hydrogens is 388 g/mol. The number of methoxy groups -OCH3 is 1. The third-order valence-corrected chi connectivity index (χ3v) is 4.13. The third-order valence-electron chi connectivity index (χ3n) is 4.13. The first kappa shape index (κ1) is 18.9. The molecular formula is C19H16N8O3. The van der Waals surface area contributed by atoms with Gasteiger partial charge < -0.3 is 19.9 Å². The lowest BCUT2D eigenvalue weighted by Gasteiger charge is -2.17. The van der Waals surface area contributed by atoms with Gasteiger partial charge in [0.05, 0.1) is 12.7 Å². The number of carbonyl (C=O) groups excluding carboxylic acids is 1. The highest BCUT2D eigenvalue weighted by molar-refractivity contribution is 5.93. The summed E-state index contributed by atoms with van der Waals surface area (Å²) >= 11 is 0. The molecule has 0 aliphatic heterocycles. The molecule has 0 saturated carbocycles. The van der Waals surface area contributed by atoms with E-state index < -0.39 is 5.97 Å². The minimum absolute atomic E-state index is 0.000702. The van der Waals surface area contributed by atoms with Gasteiger partial charge in [-0.15, -0.1) is 0 Å². The average molecular weight is 404 g/mol. The highest BCUT2D eigenvalue weighted by atomic mass is 16.5. The van der Waals surface area contributed by atoms with Crippen LogP contribution in [0.15, 0.2) is 53.2 Å². The molecule has 1 aromatic carbocycles. The molecule has 0 fully saturated rings. The summed E-state index contributed by atoms with van der Waals surface area (Å²) < 4.78 is 10.0. The number of hydrogen-bond acceptors (Lipinski definition) is 11. The Kier molecular flexibility index (Phi) is 4.99. The maximum Gasteiger partial charge on any atom is 0.357 e. The van der Waals surface area contributed by atoms with E-state index in [2.05, 4.69) is 30.1 Å². The van der Waals surface area contributed by atoms with Gasteiger partial charge in [0.1, 0.15) is 0 Å². The second-order valence-corrected chi connectivity index (χ2v) is 6.03. The fourth-order valence-electron chi connectivity index (χ4n) is 2.66. The number of benzene rings is 1. The first-order valence-corrected chi connectivity index (χ1v) is 8.75. The van der Waals surface area contributed by atoms with Gasteiger partial charge in [-0.05, 0) is 24.3 Å². The Hall–Kier alpha value is -4.41. The van der Waals surface area contributed by atoms with Crippen LogP contribution < -0.4 is 10.6 Å². The predicted molar refractivity (Wildman–Crippen MR) is 107 cm³/mol. The van der Waals surface area contributed by atoms with Crippen molar-refractivity contribution in [3.05, 3.63) is 54.4 Å².